The number of benzene rings is 3. The van der Waals surface area contributed by atoms with E-state index in [0.717, 1.165) is 4.90 Å². The Bertz CT molecular complexity index is 1360. The van der Waals surface area contributed by atoms with Crippen molar-refractivity contribution >= 4 is 52.6 Å². The molecule has 9 nitrogen and oxygen atoms in total. The normalized spacial score (nSPS) is 14.3. The van der Waals surface area contributed by atoms with E-state index >= 15 is 0 Å². The molecule has 0 aliphatic carbocycles. The molecule has 1 N–H and O–H groups in total. The molecule has 178 valence electrons. The average molecular weight is 514 g/mol. The van der Waals surface area contributed by atoms with Crippen LogP contribution in [-0.4, -0.2) is 24.0 Å². The van der Waals surface area contributed by atoms with E-state index in [9.17, 15) is 19.7 Å². The van der Waals surface area contributed by atoms with Crippen molar-refractivity contribution in [2.45, 2.75) is 6.61 Å². The standard InChI is InChI=1S/C24H17Cl2N3O6/c1-34-21-12-15(10-19(26)22(21)35-13-14-3-2-4-18(9-14)29(32)33)11-20-23(30)28(24(31)27-20)17-7-5-16(25)6-8-17/h2-12H,13H2,1H3,(H,27,31)/b20-11+. The number of anilines is 1. The molecule has 0 aromatic heterocycles. The predicted molar refractivity (Wildman–Crippen MR) is 131 cm³/mol. The van der Waals surface area contributed by atoms with Gasteiger partial charge in [-0.25, -0.2) is 9.69 Å². The van der Waals surface area contributed by atoms with Crippen LogP contribution in [0.4, 0.5) is 16.2 Å². The van der Waals surface area contributed by atoms with Gasteiger partial charge in [0.25, 0.3) is 11.6 Å². The maximum atomic E-state index is 12.9. The van der Waals surface area contributed by atoms with Crippen LogP contribution in [0.15, 0.2) is 66.4 Å². The molecule has 1 aliphatic heterocycles. The number of nitrogens with one attached hydrogen (secondary N) is 1. The molecule has 0 saturated carbocycles. The summed E-state index contributed by atoms with van der Waals surface area (Å²) in [7, 11) is 1.42. The van der Waals surface area contributed by atoms with Gasteiger partial charge in [0.2, 0.25) is 0 Å². The van der Waals surface area contributed by atoms with Crippen LogP contribution in [0.3, 0.4) is 0 Å². The van der Waals surface area contributed by atoms with E-state index < -0.39 is 16.9 Å². The number of hydrogen-bond donors (Lipinski definition) is 1. The molecule has 0 unspecified atom stereocenters. The molecule has 11 heteroatoms. The number of halogens is 2. The Balaban J connectivity index is 1.56. The van der Waals surface area contributed by atoms with Crippen molar-refractivity contribution < 1.29 is 24.0 Å². The summed E-state index contributed by atoms with van der Waals surface area (Å²) < 4.78 is 11.2. The Hall–Kier alpha value is -4.08. The second-order valence-corrected chi connectivity index (χ2v) is 8.20. The van der Waals surface area contributed by atoms with Crippen LogP contribution >= 0.6 is 23.2 Å². The minimum Gasteiger partial charge on any atom is -0.493 e. The Morgan fingerprint density at radius 2 is 1.83 bits per heavy atom. The van der Waals surface area contributed by atoms with Gasteiger partial charge < -0.3 is 14.8 Å². The summed E-state index contributed by atoms with van der Waals surface area (Å²) in [5.41, 5.74) is 1.43. The van der Waals surface area contributed by atoms with E-state index in [-0.39, 0.29) is 34.5 Å². The second-order valence-electron chi connectivity index (χ2n) is 7.35. The Morgan fingerprint density at radius 3 is 2.51 bits per heavy atom. The quantitative estimate of drug-likeness (QED) is 0.191. The number of non-ortho nitro benzene ring substituents is 1. The highest BCUT2D eigenvalue weighted by atomic mass is 35.5. The minimum atomic E-state index is -0.599. The number of amides is 3. The minimum absolute atomic E-state index is 0.0167. The van der Waals surface area contributed by atoms with Gasteiger partial charge in [-0.2, -0.15) is 0 Å². The maximum Gasteiger partial charge on any atom is 0.333 e. The lowest BCUT2D eigenvalue weighted by Crippen LogP contribution is -2.30. The number of imide groups is 1. The van der Waals surface area contributed by atoms with Gasteiger partial charge >= 0.3 is 6.03 Å². The van der Waals surface area contributed by atoms with Crippen molar-refractivity contribution in [3.05, 3.63) is 97.6 Å². The monoisotopic (exact) mass is 513 g/mol. The summed E-state index contributed by atoms with van der Waals surface area (Å²) in [4.78, 5) is 36.7. The average Bonchev–Trinajstić information content (AvgIpc) is 3.11. The number of ether oxygens (including phenoxy) is 2. The van der Waals surface area contributed by atoms with E-state index in [1.807, 2.05) is 0 Å². The zero-order valence-electron chi connectivity index (χ0n) is 18.2. The molecular formula is C24H17Cl2N3O6. The summed E-state index contributed by atoms with van der Waals surface area (Å²) in [6.45, 7) is 0.0167. The molecule has 35 heavy (non-hydrogen) atoms. The number of nitro groups is 1. The van der Waals surface area contributed by atoms with Crippen LogP contribution in [0.1, 0.15) is 11.1 Å². The fraction of sp³-hybridized carbons (Fsp3) is 0.0833. The number of rotatable bonds is 7. The number of carbonyl (C=O) groups is 2. The smallest absolute Gasteiger partial charge is 0.333 e. The van der Waals surface area contributed by atoms with Crippen LogP contribution in [0, 0.1) is 10.1 Å². The lowest BCUT2D eigenvalue weighted by atomic mass is 10.1. The molecule has 0 spiro atoms. The zero-order valence-corrected chi connectivity index (χ0v) is 19.7. The number of urea groups is 1. The third-order valence-corrected chi connectivity index (χ3v) is 5.56. The number of nitro benzene ring substituents is 1. The van der Waals surface area contributed by atoms with Gasteiger partial charge in [-0.05, 0) is 53.6 Å². The van der Waals surface area contributed by atoms with Gasteiger partial charge in [0.1, 0.15) is 12.3 Å². The highest BCUT2D eigenvalue weighted by molar-refractivity contribution is 6.33. The van der Waals surface area contributed by atoms with Crippen LogP contribution in [0.5, 0.6) is 11.5 Å². The fourth-order valence-electron chi connectivity index (χ4n) is 3.40. The second kappa shape index (κ2) is 10.0. The molecule has 1 heterocycles. The first-order chi connectivity index (χ1) is 16.8. The molecule has 3 aromatic carbocycles. The van der Waals surface area contributed by atoms with Crippen molar-refractivity contribution in [2.24, 2.45) is 0 Å². The third kappa shape index (κ3) is 5.21. The van der Waals surface area contributed by atoms with Crippen molar-refractivity contribution in [1.29, 1.82) is 0 Å². The Labute approximate surface area is 209 Å². The van der Waals surface area contributed by atoms with E-state index in [1.54, 1.807) is 48.5 Å². The van der Waals surface area contributed by atoms with Crippen molar-refractivity contribution in [3.63, 3.8) is 0 Å². The Morgan fingerprint density at radius 1 is 1.09 bits per heavy atom. The first-order valence-corrected chi connectivity index (χ1v) is 10.9. The lowest BCUT2D eigenvalue weighted by Gasteiger charge is -2.14. The summed E-state index contributed by atoms with van der Waals surface area (Å²) >= 11 is 12.3. The summed E-state index contributed by atoms with van der Waals surface area (Å²) in [6, 6.07) is 14.9. The molecule has 1 saturated heterocycles. The Kier molecular flexibility index (Phi) is 6.90. The van der Waals surface area contributed by atoms with Crippen LogP contribution in [0.2, 0.25) is 10.0 Å². The first-order valence-electron chi connectivity index (χ1n) is 10.1. The van der Waals surface area contributed by atoms with Crippen molar-refractivity contribution in [3.8, 4) is 11.5 Å². The van der Waals surface area contributed by atoms with E-state index in [1.165, 1.54) is 25.3 Å². The molecule has 0 bridgehead atoms. The SMILES string of the molecule is COc1cc(/C=C2/NC(=O)N(c3ccc(Cl)cc3)C2=O)cc(Cl)c1OCc1cccc([N+](=O)[O-])c1. The number of hydrogen-bond acceptors (Lipinski definition) is 6. The highest BCUT2D eigenvalue weighted by Gasteiger charge is 2.34. The van der Waals surface area contributed by atoms with Gasteiger partial charge in [0.15, 0.2) is 11.5 Å². The number of methoxy groups -OCH3 is 1. The molecule has 1 aliphatic rings. The zero-order chi connectivity index (χ0) is 25.1. The fourth-order valence-corrected chi connectivity index (χ4v) is 3.80. The topological polar surface area (TPSA) is 111 Å². The van der Waals surface area contributed by atoms with E-state index in [2.05, 4.69) is 5.32 Å². The molecule has 3 amide bonds. The highest BCUT2D eigenvalue weighted by Crippen LogP contribution is 2.38. The van der Waals surface area contributed by atoms with Gasteiger partial charge in [0.05, 0.1) is 22.7 Å². The van der Waals surface area contributed by atoms with Gasteiger partial charge in [-0.1, -0.05) is 35.3 Å². The summed E-state index contributed by atoms with van der Waals surface area (Å²) in [5, 5.41) is 14.2. The molecule has 0 atom stereocenters. The van der Waals surface area contributed by atoms with Crippen molar-refractivity contribution in [2.75, 3.05) is 12.0 Å². The van der Waals surface area contributed by atoms with Crippen molar-refractivity contribution in [1.82, 2.24) is 5.32 Å². The maximum absolute atomic E-state index is 12.9. The number of nitrogens with zero attached hydrogens (tertiary/aromatic N) is 2. The molecule has 0 radical (unpaired) electrons. The van der Waals surface area contributed by atoms with Gasteiger partial charge in [-0.3, -0.25) is 14.9 Å². The molecular weight excluding hydrogens is 497 g/mol. The summed E-state index contributed by atoms with van der Waals surface area (Å²) in [5.74, 6) is -0.0353. The first kappa shape index (κ1) is 24.1. The largest absolute Gasteiger partial charge is 0.493 e. The summed E-state index contributed by atoms with van der Waals surface area (Å²) in [6.07, 6.45) is 1.47. The molecule has 4 rings (SSSR count). The van der Waals surface area contributed by atoms with Gasteiger partial charge in [0, 0.05) is 17.2 Å². The van der Waals surface area contributed by atoms with E-state index in [0.29, 0.717) is 21.8 Å². The predicted octanol–water partition coefficient (Wildman–Crippen LogP) is 5.59. The molecule has 1 fully saturated rings. The van der Waals surface area contributed by atoms with Gasteiger partial charge in [-0.15, -0.1) is 0 Å². The van der Waals surface area contributed by atoms with Crippen LogP contribution in [-0.2, 0) is 11.4 Å². The number of carbonyl (C=O) groups excluding carboxylic acids is 2. The lowest BCUT2D eigenvalue weighted by molar-refractivity contribution is -0.384. The molecule has 3 aromatic rings. The van der Waals surface area contributed by atoms with Crippen LogP contribution < -0.4 is 19.7 Å². The van der Waals surface area contributed by atoms with E-state index in [4.69, 9.17) is 32.7 Å². The van der Waals surface area contributed by atoms with Crippen LogP contribution in [0.25, 0.3) is 6.08 Å². The third-order valence-electron chi connectivity index (χ3n) is 5.03.